The molecular formula is C13H17ClN2O3. The number of para-hydroxylation sites is 1. The van der Waals surface area contributed by atoms with Crippen LogP contribution in [0.25, 0.3) is 0 Å². The van der Waals surface area contributed by atoms with Crippen molar-refractivity contribution in [1.29, 1.82) is 0 Å². The average molecular weight is 285 g/mol. The zero-order valence-corrected chi connectivity index (χ0v) is 11.3. The molecule has 0 aliphatic carbocycles. The van der Waals surface area contributed by atoms with Gasteiger partial charge in [-0.3, -0.25) is 4.79 Å². The largest absolute Gasteiger partial charge is 0.454 e. The summed E-state index contributed by atoms with van der Waals surface area (Å²) >= 11 is 0. The monoisotopic (exact) mass is 284 g/mol. The quantitative estimate of drug-likeness (QED) is 0.876. The summed E-state index contributed by atoms with van der Waals surface area (Å²) in [5.41, 5.74) is 0.955. The molecule has 1 aromatic carbocycles. The molecule has 0 bridgehead atoms. The van der Waals surface area contributed by atoms with Crippen molar-refractivity contribution in [3.8, 4) is 11.5 Å². The predicted octanol–water partition coefficient (Wildman–Crippen LogP) is 1.21. The first-order valence-corrected chi connectivity index (χ1v) is 6.23. The summed E-state index contributed by atoms with van der Waals surface area (Å²) in [6.07, 6.45) is 1.98. The van der Waals surface area contributed by atoms with Gasteiger partial charge in [-0.05, 0) is 25.5 Å². The number of hydrogen-bond donors (Lipinski definition) is 2. The Morgan fingerprint density at radius 3 is 3.11 bits per heavy atom. The summed E-state index contributed by atoms with van der Waals surface area (Å²) < 4.78 is 10.7. The smallest absolute Gasteiger partial charge is 0.237 e. The summed E-state index contributed by atoms with van der Waals surface area (Å²) in [5, 5.41) is 6.11. The zero-order chi connectivity index (χ0) is 12.4. The van der Waals surface area contributed by atoms with E-state index in [1.54, 1.807) is 0 Å². The van der Waals surface area contributed by atoms with E-state index < -0.39 is 0 Å². The third-order valence-corrected chi connectivity index (χ3v) is 3.31. The Balaban J connectivity index is 0.00000133. The molecule has 0 unspecified atom stereocenters. The number of fused-ring (bicyclic) bond motifs is 1. The molecule has 1 atom stereocenters. The van der Waals surface area contributed by atoms with E-state index in [2.05, 4.69) is 10.6 Å². The first-order valence-electron chi connectivity index (χ1n) is 6.23. The van der Waals surface area contributed by atoms with Gasteiger partial charge in [0, 0.05) is 12.1 Å². The van der Waals surface area contributed by atoms with Crippen LogP contribution in [0, 0.1) is 0 Å². The first kappa shape index (κ1) is 14.0. The lowest BCUT2D eigenvalue weighted by Gasteiger charge is -2.12. The van der Waals surface area contributed by atoms with Crippen molar-refractivity contribution >= 4 is 18.3 Å². The van der Waals surface area contributed by atoms with Gasteiger partial charge in [0.2, 0.25) is 12.7 Å². The van der Waals surface area contributed by atoms with Crippen molar-refractivity contribution in [2.45, 2.75) is 25.4 Å². The van der Waals surface area contributed by atoms with Crippen LogP contribution in [-0.4, -0.2) is 25.3 Å². The highest BCUT2D eigenvalue weighted by Crippen LogP contribution is 2.35. The maximum absolute atomic E-state index is 11.9. The number of amides is 1. The van der Waals surface area contributed by atoms with E-state index in [1.165, 1.54) is 0 Å². The molecule has 1 aromatic rings. The van der Waals surface area contributed by atoms with E-state index in [0.29, 0.717) is 6.54 Å². The Kier molecular flexibility index (Phi) is 4.50. The van der Waals surface area contributed by atoms with E-state index in [9.17, 15) is 4.79 Å². The Morgan fingerprint density at radius 2 is 2.32 bits per heavy atom. The highest BCUT2D eigenvalue weighted by Gasteiger charge is 2.22. The van der Waals surface area contributed by atoms with Crippen LogP contribution in [0.3, 0.4) is 0 Å². The summed E-state index contributed by atoms with van der Waals surface area (Å²) in [7, 11) is 0. The number of carbonyl (C=O) groups is 1. The van der Waals surface area contributed by atoms with Crippen LogP contribution in [0.1, 0.15) is 18.4 Å². The van der Waals surface area contributed by atoms with Crippen LogP contribution in [-0.2, 0) is 11.3 Å². The average Bonchev–Trinajstić information content (AvgIpc) is 3.05. The molecule has 2 heterocycles. The minimum absolute atomic E-state index is 0. The molecule has 0 aromatic heterocycles. The number of hydrogen-bond acceptors (Lipinski definition) is 4. The van der Waals surface area contributed by atoms with E-state index >= 15 is 0 Å². The fourth-order valence-electron chi connectivity index (χ4n) is 2.34. The SMILES string of the molecule is Cl.O=C(NCc1cccc2c1OCO2)[C@@H]1CCCN1. The number of carbonyl (C=O) groups excluding carboxylic acids is 1. The molecule has 0 spiro atoms. The zero-order valence-electron chi connectivity index (χ0n) is 10.5. The van der Waals surface area contributed by atoms with Gasteiger partial charge < -0.3 is 20.1 Å². The van der Waals surface area contributed by atoms with Crippen LogP contribution < -0.4 is 20.1 Å². The highest BCUT2D eigenvalue weighted by molar-refractivity contribution is 5.85. The number of nitrogens with one attached hydrogen (secondary N) is 2. The minimum Gasteiger partial charge on any atom is -0.454 e. The molecule has 5 nitrogen and oxygen atoms in total. The van der Waals surface area contributed by atoms with E-state index in [4.69, 9.17) is 9.47 Å². The lowest BCUT2D eigenvalue weighted by Crippen LogP contribution is -2.40. The standard InChI is InChI=1S/C13H16N2O3.ClH/c16-13(10-4-2-6-14-10)15-7-9-3-1-5-11-12(9)18-8-17-11;/h1,3,5,10,14H,2,4,6-8H2,(H,15,16);1H/t10-;/m0./s1. The molecule has 104 valence electrons. The second-order valence-corrected chi connectivity index (χ2v) is 4.52. The summed E-state index contributed by atoms with van der Waals surface area (Å²) in [6.45, 7) is 1.66. The van der Waals surface area contributed by atoms with Crippen molar-refractivity contribution in [2.75, 3.05) is 13.3 Å². The fourth-order valence-corrected chi connectivity index (χ4v) is 2.34. The van der Waals surface area contributed by atoms with Crippen LogP contribution >= 0.6 is 12.4 Å². The van der Waals surface area contributed by atoms with Gasteiger partial charge in [-0.1, -0.05) is 12.1 Å². The molecule has 2 aliphatic rings. The van der Waals surface area contributed by atoms with Crippen molar-refractivity contribution in [1.82, 2.24) is 10.6 Å². The van der Waals surface area contributed by atoms with Crippen LogP contribution in [0.4, 0.5) is 0 Å². The number of benzene rings is 1. The van der Waals surface area contributed by atoms with Crippen molar-refractivity contribution in [3.05, 3.63) is 23.8 Å². The molecule has 2 aliphatic heterocycles. The van der Waals surface area contributed by atoms with Gasteiger partial charge >= 0.3 is 0 Å². The highest BCUT2D eigenvalue weighted by atomic mass is 35.5. The Labute approximate surface area is 118 Å². The predicted molar refractivity (Wildman–Crippen MR) is 72.7 cm³/mol. The lowest BCUT2D eigenvalue weighted by atomic mass is 10.1. The van der Waals surface area contributed by atoms with E-state index in [0.717, 1.165) is 36.4 Å². The third kappa shape index (κ3) is 2.93. The molecule has 0 saturated carbocycles. The van der Waals surface area contributed by atoms with Crippen LogP contribution in [0.5, 0.6) is 11.5 Å². The summed E-state index contributed by atoms with van der Waals surface area (Å²) in [4.78, 5) is 11.9. The molecule has 3 rings (SSSR count). The summed E-state index contributed by atoms with van der Waals surface area (Å²) in [6, 6.07) is 5.67. The number of ether oxygens (including phenoxy) is 2. The van der Waals surface area contributed by atoms with Gasteiger partial charge in [-0.25, -0.2) is 0 Å². The molecular weight excluding hydrogens is 268 g/mol. The van der Waals surface area contributed by atoms with Crippen molar-refractivity contribution < 1.29 is 14.3 Å². The Hall–Kier alpha value is -1.46. The van der Waals surface area contributed by atoms with Gasteiger partial charge in [0.05, 0.1) is 6.04 Å². The maximum atomic E-state index is 11.9. The van der Waals surface area contributed by atoms with E-state index in [-0.39, 0.29) is 31.1 Å². The second-order valence-electron chi connectivity index (χ2n) is 4.52. The Bertz CT molecular complexity index is 461. The topological polar surface area (TPSA) is 59.6 Å². The molecule has 2 N–H and O–H groups in total. The second kappa shape index (κ2) is 6.12. The normalized spacial score (nSPS) is 19.9. The van der Waals surface area contributed by atoms with Gasteiger partial charge in [-0.15, -0.1) is 12.4 Å². The van der Waals surface area contributed by atoms with Crippen molar-refractivity contribution in [3.63, 3.8) is 0 Å². The third-order valence-electron chi connectivity index (χ3n) is 3.31. The maximum Gasteiger partial charge on any atom is 0.237 e. The summed E-state index contributed by atoms with van der Waals surface area (Å²) in [5.74, 6) is 1.56. The van der Waals surface area contributed by atoms with Crippen molar-refractivity contribution in [2.24, 2.45) is 0 Å². The lowest BCUT2D eigenvalue weighted by molar-refractivity contribution is -0.122. The van der Waals surface area contributed by atoms with Gasteiger partial charge in [-0.2, -0.15) is 0 Å². The molecule has 6 heteroatoms. The molecule has 1 fully saturated rings. The minimum atomic E-state index is -0.0427. The molecule has 0 radical (unpaired) electrons. The fraction of sp³-hybridized carbons (Fsp3) is 0.462. The Morgan fingerprint density at radius 1 is 1.42 bits per heavy atom. The van der Waals surface area contributed by atoms with Crippen LogP contribution in [0.15, 0.2) is 18.2 Å². The molecule has 1 saturated heterocycles. The van der Waals surface area contributed by atoms with Gasteiger partial charge in [0.15, 0.2) is 11.5 Å². The van der Waals surface area contributed by atoms with E-state index in [1.807, 2.05) is 18.2 Å². The molecule has 1 amide bonds. The molecule has 19 heavy (non-hydrogen) atoms. The number of halogens is 1. The van der Waals surface area contributed by atoms with Crippen LogP contribution in [0.2, 0.25) is 0 Å². The van der Waals surface area contributed by atoms with Gasteiger partial charge in [0.25, 0.3) is 0 Å². The number of rotatable bonds is 3. The first-order chi connectivity index (χ1) is 8.84. The van der Waals surface area contributed by atoms with Gasteiger partial charge in [0.1, 0.15) is 0 Å².